The zero-order chi connectivity index (χ0) is 13.1. The van der Waals surface area contributed by atoms with Crippen LogP contribution in [0.25, 0.3) is 11.1 Å². The Bertz CT molecular complexity index is 694. The maximum absolute atomic E-state index is 13.9. The van der Waals surface area contributed by atoms with Crippen molar-refractivity contribution in [2.24, 2.45) is 0 Å². The van der Waals surface area contributed by atoms with Gasteiger partial charge >= 0.3 is 0 Å². The first kappa shape index (κ1) is 11.8. The van der Waals surface area contributed by atoms with Crippen LogP contribution in [0.4, 0.5) is 8.78 Å². The van der Waals surface area contributed by atoms with Crippen molar-refractivity contribution in [1.29, 1.82) is 10.5 Å². The number of hydrogen-bond acceptors (Lipinski definition) is 2. The van der Waals surface area contributed by atoms with E-state index in [1.807, 2.05) is 6.07 Å². The number of rotatable bonds is 1. The van der Waals surface area contributed by atoms with Gasteiger partial charge in [-0.1, -0.05) is 12.1 Å². The Balaban J connectivity index is 2.71. The molecule has 2 rings (SSSR count). The standard InChI is InChI=1S/C14H6F2N2/c15-13-5-4-9(7-17)6-12(13)11-3-1-2-10(8-18)14(11)16/h1-6H. The molecule has 2 aromatic carbocycles. The Hall–Kier alpha value is -2.72. The van der Waals surface area contributed by atoms with Gasteiger partial charge in [-0.3, -0.25) is 0 Å². The largest absolute Gasteiger partial charge is 0.206 e. The second kappa shape index (κ2) is 4.65. The van der Waals surface area contributed by atoms with Gasteiger partial charge in [0.2, 0.25) is 0 Å². The Morgan fingerprint density at radius 1 is 0.889 bits per heavy atom. The average Bonchev–Trinajstić information content (AvgIpc) is 2.40. The Labute approximate surface area is 102 Å². The molecule has 4 heteroatoms. The van der Waals surface area contributed by atoms with Gasteiger partial charge in [0.05, 0.1) is 17.2 Å². The Morgan fingerprint density at radius 3 is 2.33 bits per heavy atom. The van der Waals surface area contributed by atoms with Crippen LogP contribution in [0.15, 0.2) is 36.4 Å². The van der Waals surface area contributed by atoms with Crippen molar-refractivity contribution in [2.75, 3.05) is 0 Å². The number of benzene rings is 2. The average molecular weight is 240 g/mol. The fourth-order valence-electron chi connectivity index (χ4n) is 1.63. The number of nitriles is 2. The van der Waals surface area contributed by atoms with E-state index in [0.29, 0.717) is 0 Å². The highest BCUT2D eigenvalue weighted by Gasteiger charge is 2.13. The van der Waals surface area contributed by atoms with Gasteiger partial charge in [0.15, 0.2) is 0 Å². The van der Waals surface area contributed by atoms with E-state index in [2.05, 4.69) is 0 Å². The predicted molar refractivity (Wildman–Crippen MR) is 61.2 cm³/mol. The SMILES string of the molecule is N#Cc1ccc(F)c(-c2cccc(C#N)c2F)c1. The van der Waals surface area contributed by atoms with Gasteiger partial charge in [0, 0.05) is 11.1 Å². The summed E-state index contributed by atoms with van der Waals surface area (Å²) in [6.45, 7) is 0. The maximum Gasteiger partial charge on any atom is 0.148 e. The normalized spacial score (nSPS) is 9.56. The summed E-state index contributed by atoms with van der Waals surface area (Å²) >= 11 is 0. The Morgan fingerprint density at radius 2 is 1.67 bits per heavy atom. The third-order valence-corrected chi connectivity index (χ3v) is 2.50. The molecule has 0 saturated heterocycles. The molecule has 0 amide bonds. The molecule has 0 aliphatic heterocycles. The molecule has 2 nitrogen and oxygen atoms in total. The summed E-state index contributed by atoms with van der Waals surface area (Å²) in [5.41, 5.74) is 0.0229. The van der Waals surface area contributed by atoms with Crippen LogP contribution in [0, 0.1) is 34.3 Å². The lowest BCUT2D eigenvalue weighted by molar-refractivity contribution is 0.614. The van der Waals surface area contributed by atoms with Crippen molar-refractivity contribution in [3.05, 3.63) is 59.2 Å². The van der Waals surface area contributed by atoms with Gasteiger partial charge in [-0.25, -0.2) is 8.78 Å². The summed E-state index contributed by atoms with van der Waals surface area (Å²) < 4.78 is 27.6. The summed E-state index contributed by atoms with van der Waals surface area (Å²) in [6.07, 6.45) is 0. The van der Waals surface area contributed by atoms with Gasteiger partial charge in [-0.2, -0.15) is 10.5 Å². The van der Waals surface area contributed by atoms with E-state index in [1.165, 1.54) is 30.3 Å². The van der Waals surface area contributed by atoms with Gasteiger partial charge in [0.25, 0.3) is 0 Å². The predicted octanol–water partition coefficient (Wildman–Crippen LogP) is 3.38. The van der Waals surface area contributed by atoms with Crippen LogP contribution in [0.2, 0.25) is 0 Å². The molecule has 0 aliphatic rings. The lowest BCUT2D eigenvalue weighted by atomic mass is 10.00. The molecule has 0 atom stereocenters. The molecule has 0 heterocycles. The van der Waals surface area contributed by atoms with Crippen molar-refractivity contribution < 1.29 is 8.78 Å². The van der Waals surface area contributed by atoms with Crippen molar-refractivity contribution in [3.63, 3.8) is 0 Å². The molecule has 0 bridgehead atoms. The molecule has 0 aromatic heterocycles. The summed E-state index contributed by atoms with van der Waals surface area (Å²) in [5.74, 6) is -1.42. The van der Waals surface area contributed by atoms with Crippen LogP contribution in [0.1, 0.15) is 11.1 Å². The molecule has 0 saturated carbocycles. The number of halogens is 2. The van der Waals surface area contributed by atoms with E-state index in [9.17, 15) is 8.78 Å². The monoisotopic (exact) mass is 240 g/mol. The molecular weight excluding hydrogens is 234 g/mol. The topological polar surface area (TPSA) is 47.6 Å². The summed E-state index contributed by atoms with van der Waals surface area (Å²) in [4.78, 5) is 0. The highest BCUT2D eigenvalue weighted by atomic mass is 19.1. The lowest BCUT2D eigenvalue weighted by Crippen LogP contribution is -1.92. The smallest absolute Gasteiger partial charge is 0.148 e. The molecule has 0 aliphatic carbocycles. The van der Waals surface area contributed by atoms with Gasteiger partial charge in [0.1, 0.15) is 17.7 Å². The number of nitrogens with zero attached hydrogens (tertiary/aromatic N) is 2. The quantitative estimate of drug-likeness (QED) is 0.767. The minimum absolute atomic E-state index is 0.0244. The third-order valence-electron chi connectivity index (χ3n) is 2.50. The van der Waals surface area contributed by atoms with Crippen LogP contribution in [0.3, 0.4) is 0 Å². The summed E-state index contributed by atoms with van der Waals surface area (Å²) in [6, 6.07) is 11.4. The summed E-state index contributed by atoms with van der Waals surface area (Å²) in [7, 11) is 0. The van der Waals surface area contributed by atoms with E-state index in [-0.39, 0.29) is 22.3 Å². The van der Waals surface area contributed by atoms with E-state index < -0.39 is 11.6 Å². The highest BCUT2D eigenvalue weighted by molar-refractivity contribution is 5.68. The molecule has 18 heavy (non-hydrogen) atoms. The summed E-state index contributed by atoms with van der Waals surface area (Å²) in [5, 5.41) is 17.5. The first-order valence-electron chi connectivity index (χ1n) is 5.06. The van der Waals surface area contributed by atoms with E-state index in [1.54, 1.807) is 6.07 Å². The first-order chi connectivity index (χ1) is 8.67. The number of hydrogen-bond donors (Lipinski definition) is 0. The fourth-order valence-corrected chi connectivity index (χ4v) is 1.63. The second-order valence-corrected chi connectivity index (χ2v) is 3.59. The van der Waals surface area contributed by atoms with Gasteiger partial charge in [-0.05, 0) is 24.3 Å². The third kappa shape index (κ3) is 1.92. The molecule has 0 fully saturated rings. The first-order valence-corrected chi connectivity index (χ1v) is 5.06. The van der Waals surface area contributed by atoms with Crippen LogP contribution in [-0.4, -0.2) is 0 Å². The molecule has 2 aromatic rings. The van der Waals surface area contributed by atoms with Crippen molar-refractivity contribution >= 4 is 0 Å². The molecule has 86 valence electrons. The zero-order valence-corrected chi connectivity index (χ0v) is 9.11. The van der Waals surface area contributed by atoms with E-state index in [0.717, 1.165) is 6.07 Å². The fraction of sp³-hybridized carbons (Fsp3) is 0. The van der Waals surface area contributed by atoms with E-state index >= 15 is 0 Å². The molecule has 0 radical (unpaired) electrons. The van der Waals surface area contributed by atoms with Crippen LogP contribution < -0.4 is 0 Å². The Kier molecular flexibility index (Phi) is 3.03. The van der Waals surface area contributed by atoms with Gasteiger partial charge in [-0.15, -0.1) is 0 Å². The molecular formula is C14H6F2N2. The molecule has 0 N–H and O–H groups in total. The minimum atomic E-state index is -0.783. The lowest BCUT2D eigenvalue weighted by Gasteiger charge is -2.06. The van der Waals surface area contributed by atoms with Crippen LogP contribution >= 0.6 is 0 Å². The van der Waals surface area contributed by atoms with Crippen LogP contribution in [-0.2, 0) is 0 Å². The van der Waals surface area contributed by atoms with Crippen molar-refractivity contribution in [1.82, 2.24) is 0 Å². The van der Waals surface area contributed by atoms with Crippen molar-refractivity contribution in [2.45, 2.75) is 0 Å². The van der Waals surface area contributed by atoms with E-state index in [4.69, 9.17) is 10.5 Å². The molecule has 0 unspecified atom stereocenters. The minimum Gasteiger partial charge on any atom is -0.206 e. The van der Waals surface area contributed by atoms with Crippen LogP contribution in [0.5, 0.6) is 0 Å². The second-order valence-electron chi connectivity index (χ2n) is 3.59. The maximum atomic E-state index is 13.9. The van der Waals surface area contributed by atoms with Crippen molar-refractivity contribution in [3.8, 4) is 23.3 Å². The zero-order valence-electron chi connectivity index (χ0n) is 9.11. The molecule has 0 spiro atoms. The highest BCUT2D eigenvalue weighted by Crippen LogP contribution is 2.27. The van der Waals surface area contributed by atoms with Gasteiger partial charge < -0.3 is 0 Å².